The zero-order chi connectivity index (χ0) is 14.7. The Bertz CT molecular complexity index is 499. The summed E-state index contributed by atoms with van der Waals surface area (Å²) >= 11 is 0. The normalized spacial score (nSPS) is 18.9. The molecule has 0 aliphatic carbocycles. The van der Waals surface area contributed by atoms with Crippen LogP contribution in [0.5, 0.6) is 0 Å². The van der Waals surface area contributed by atoms with E-state index >= 15 is 0 Å². The molecule has 1 amide bonds. The summed E-state index contributed by atoms with van der Waals surface area (Å²) in [7, 11) is 0. The van der Waals surface area contributed by atoms with E-state index in [0.717, 1.165) is 12.2 Å². The molecule has 0 aromatic heterocycles. The third-order valence-corrected chi connectivity index (χ3v) is 4.08. The molecule has 4 nitrogen and oxygen atoms in total. The zero-order valence-corrected chi connectivity index (χ0v) is 12.7. The Hall–Kier alpha value is -1.71. The van der Waals surface area contributed by atoms with Gasteiger partial charge >= 0.3 is 0 Å². The number of carbonyl (C=O) groups is 1. The summed E-state index contributed by atoms with van der Waals surface area (Å²) in [5, 5.41) is 2.89. The maximum absolute atomic E-state index is 11.6. The number of nitrogens with zero attached hydrogens (tertiary/aromatic N) is 1. The first-order chi connectivity index (χ1) is 9.52. The number of piperidine rings is 1. The monoisotopic (exact) mass is 275 g/mol. The van der Waals surface area contributed by atoms with Gasteiger partial charge in [0.15, 0.2) is 0 Å². The van der Waals surface area contributed by atoms with Crippen LogP contribution in [0.1, 0.15) is 45.1 Å². The van der Waals surface area contributed by atoms with Crippen molar-refractivity contribution in [2.45, 2.75) is 52.5 Å². The highest BCUT2D eigenvalue weighted by atomic mass is 16.1. The number of nitrogen functional groups attached to an aromatic ring is 1. The Labute approximate surface area is 121 Å². The van der Waals surface area contributed by atoms with Crippen molar-refractivity contribution in [3.8, 4) is 0 Å². The molecule has 20 heavy (non-hydrogen) atoms. The molecule has 1 aromatic carbocycles. The van der Waals surface area contributed by atoms with Crippen molar-refractivity contribution >= 4 is 23.0 Å². The van der Waals surface area contributed by atoms with Crippen LogP contribution in [0.15, 0.2) is 12.1 Å². The lowest BCUT2D eigenvalue weighted by Gasteiger charge is -2.36. The van der Waals surface area contributed by atoms with Gasteiger partial charge in [-0.3, -0.25) is 4.79 Å². The summed E-state index contributed by atoms with van der Waals surface area (Å²) in [5.74, 6) is -0.00167. The average Bonchev–Trinajstić information content (AvgIpc) is 2.42. The second kappa shape index (κ2) is 6.16. The van der Waals surface area contributed by atoms with Gasteiger partial charge in [0.2, 0.25) is 5.91 Å². The Morgan fingerprint density at radius 1 is 1.45 bits per heavy atom. The number of nitrogens with one attached hydrogen (secondary N) is 1. The quantitative estimate of drug-likeness (QED) is 0.832. The van der Waals surface area contributed by atoms with Gasteiger partial charge in [0.05, 0.1) is 11.4 Å². The van der Waals surface area contributed by atoms with Crippen LogP contribution in [-0.2, 0) is 4.79 Å². The second-order valence-corrected chi connectivity index (χ2v) is 5.67. The lowest BCUT2D eigenvalue weighted by molar-refractivity contribution is -0.115. The molecule has 1 atom stereocenters. The largest absolute Gasteiger partial charge is 0.397 e. The maximum atomic E-state index is 11.6. The molecule has 0 bridgehead atoms. The highest BCUT2D eigenvalue weighted by Gasteiger charge is 2.21. The summed E-state index contributed by atoms with van der Waals surface area (Å²) in [5.41, 5.74) is 9.76. The molecule has 0 unspecified atom stereocenters. The fraction of sp³-hybridized carbons (Fsp3) is 0.562. The van der Waals surface area contributed by atoms with Crippen molar-refractivity contribution in [1.82, 2.24) is 0 Å². The number of hydrogen-bond donors (Lipinski definition) is 2. The first kappa shape index (κ1) is 14.7. The Balaban J connectivity index is 2.32. The highest BCUT2D eigenvalue weighted by Crippen LogP contribution is 2.33. The summed E-state index contributed by atoms with van der Waals surface area (Å²) in [6.07, 6.45) is 4.21. The molecule has 1 aromatic rings. The SMILES string of the molecule is CCC(=O)Nc1cc(N2CCCC[C@@H]2C)c(C)cc1N. The minimum atomic E-state index is -0.00167. The molecule has 3 N–H and O–H groups in total. The van der Waals surface area contributed by atoms with Crippen LogP contribution >= 0.6 is 0 Å². The van der Waals surface area contributed by atoms with Crippen molar-refractivity contribution in [3.63, 3.8) is 0 Å². The van der Waals surface area contributed by atoms with Gasteiger partial charge in [0, 0.05) is 24.7 Å². The molecule has 0 spiro atoms. The van der Waals surface area contributed by atoms with Crippen LogP contribution in [-0.4, -0.2) is 18.5 Å². The van der Waals surface area contributed by atoms with E-state index in [1.54, 1.807) is 0 Å². The first-order valence-corrected chi connectivity index (χ1v) is 7.49. The average molecular weight is 275 g/mol. The smallest absolute Gasteiger partial charge is 0.224 e. The van der Waals surface area contributed by atoms with Crippen molar-refractivity contribution in [3.05, 3.63) is 17.7 Å². The predicted octanol–water partition coefficient (Wildman–Crippen LogP) is 3.30. The van der Waals surface area contributed by atoms with E-state index < -0.39 is 0 Å². The van der Waals surface area contributed by atoms with E-state index in [9.17, 15) is 4.79 Å². The van der Waals surface area contributed by atoms with Gasteiger partial charge in [-0.25, -0.2) is 0 Å². The number of hydrogen-bond acceptors (Lipinski definition) is 3. The summed E-state index contributed by atoms with van der Waals surface area (Å²) in [6, 6.07) is 4.53. The van der Waals surface area contributed by atoms with Crippen molar-refractivity contribution in [1.29, 1.82) is 0 Å². The molecular weight excluding hydrogens is 250 g/mol. The Morgan fingerprint density at radius 2 is 2.20 bits per heavy atom. The minimum Gasteiger partial charge on any atom is -0.397 e. The van der Waals surface area contributed by atoms with Crippen LogP contribution in [0, 0.1) is 6.92 Å². The van der Waals surface area contributed by atoms with Gasteiger partial charge in [-0.05, 0) is 50.8 Å². The van der Waals surface area contributed by atoms with E-state index in [1.807, 2.05) is 19.1 Å². The third-order valence-electron chi connectivity index (χ3n) is 4.08. The van der Waals surface area contributed by atoms with Crippen LogP contribution in [0.25, 0.3) is 0 Å². The van der Waals surface area contributed by atoms with E-state index in [4.69, 9.17) is 5.73 Å². The second-order valence-electron chi connectivity index (χ2n) is 5.67. The van der Waals surface area contributed by atoms with Crippen LogP contribution in [0.3, 0.4) is 0 Å². The summed E-state index contributed by atoms with van der Waals surface area (Å²) in [6.45, 7) is 7.26. The molecular formula is C16H25N3O. The number of benzene rings is 1. The molecule has 1 heterocycles. The van der Waals surface area contributed by atoms with Gasteiger partial charge in [0.25, 0.3) is 0 Å². The summed E-state index contributed by atoms with van der Waals surface area (Å²) < 4.78 is 0. The Kier molecular flexibility index (Phi) is 4.53. The predicted molar refractivity (Wildman–Crippen MR) is 85.2 cm³/mol. The summed E-state index contributed by atoms with van der Waals surface area (Å²) in [4.78, 5) is 14.0. The fourth-order valence-corrected chi connectivity index (χ4v) is 2.83. The molecule has 0 radical (unpaired) electrons. The van der Waals surface area contributed by atoms with Gasteiger partial charge in [-0.15, -0.1) is 0 Å². The van der Waals surface area contributed by atoms with E-state index in [0.29, 0.717) is 18.2 Å². The van der Waals surface area contributed by atoms with Crippen LogP contribution < -0.4 is 16.0 Å². The van der Waals surface area contributed by atoms with E-state index in [1.165, 1.54) is 30.5 Å². The van der Waals surface area contributed by atoms with Crippen molar-refractivity contribution < 1.29 is 4.79 Å². The molecule has 1 aliphatic rings. The number of rotatable bonds is 3. The standard InChI is InChI=1S/C16H25N3O/c1-4-16(20)18-14-10-15(11(2)9-13(14)17)19-8-6-5-7-12(19)3/h9-10,12H,4-8,17H2,1-3H3,(H,18,20)/t12-/m0/s1. The highest BCUT2D eigenvalue weighted by molar-refractivity contribution is 5.94. The maximum Gasteiger partial charge on any atom is 0.224 e. The van der Waals surface area contributed by atoms with Gasteiger partial charge in [-0.1, -0.05) is 6.92 Å². The van der Waals surface area contributed by atoms with E-state index in [2.05, 4.69) is 24.1 Å². The molecule has 4 heteroatoms. The van der Waals surface area contributed by atoms with Crippen LogP contribution in [0.4, 0.5) is 17.1 Å². The van der Waals surface area contributed by atoms with E-state index in [-0.39, 0.29) is 5.91 Å². The van der Waals surface area contributed by atoms with Gasteiger partial charge in [-0.2, -0.15) is 0 Å². The molecule has 1 fully saturated rings. The zero-order valence-electron chi connectivity index (χ0n) is 12.7. The van der Waals surface area contributed by atoms with Gasteiger partial charge in [0.1, 0.15) is 0 Å². The number of carbonyl (C=O) groups excluding carboxylic acids is 1. The number of aryl methyl sites for hydroxylation is 1. The van der Waals surface area contributed by atoms with Crippen LogP contribution in [0.2, 0.25) is 0 Å². The Morgan fingerprint density at radius 3 is 2.85 bits per heavy atom. The molecule has 1 aliphatic heterocycles. The lowest BCUT2D eigenvalue weighted by Crippen LogP contribution is -2.37. The topological polar surface area (TPSA) is 58.4 Å². The van der Waals surface area contributed by atoms with Gasteiger partial charge < -0.3 is 16.0 Å². The molecule has 0 saturated carbocycles. The first-order valence-electron chi connectivity index (χ1n) is 7.49. The fourth-order valence-electron chi connectivity index (χ4n) is 2.83. The number of nitrogens with two attached hydrogens (primary N) is 1. The lowest BCUT2D eigenvalue weighted by atomic mass is 10.0. The minimum absolute atomic E-state index is 0.00167. The van der Waals surface area contributed by atoms with Crippen molar-refractivity contribution in [2.24, 2.45) is 0 Å². The van der Waals surface area contributed by atoms with Crippen molar-refractivity contribution in [2.75, 3.05) is 22.5 Å². The number of anilines is 3. The molecule has 110 valence electrons. The molecule has 1 saturated heterocycles. The number of amides is 1. The molecule has 2 rings (SSSR count). The third kappa shape index (κ3) is 3.06.